The molecule has 1 atom stereocenters. The monoisotopic (exact) mass is 254 g/mol. The Hall–Kier alpha value is -1.20. The Bertz CT molecular complexity index is 390. The van der Waals surface area contributed by atoms with E-state index in [1.807, 2.05) is 13.8 Å². The van der Waals surface area contributed by atoms with Gasteiger partial charge in [-0.2, -0.15) is 0 Å². The highest BCUT2D eigenvalue weighted by molar-refractivity contribution is 7.09. The molecule has 94 valence electrons. The zero-order valence-electron chi connectivity index (χ0n) is 10.5. The highest BCUT2D eigenvalue weighted by Crippen LogP contribution is 2.15. The van der Waals surface area contributed by atoms with E-state index in [1.54, 1.807) is 23.6 Å². The van der Waals surface area contributed by atoms with Crippen molar-refractivity contribution in [1.82, 2.24) is 9.88 Å². The summed E-state index contributed by atoms with van der Waals surface area (Å²) in [6.07, 6.45) is 1.71. The van der Waals surface area contributed by atoms with Gasteiger partial charge in [0.05, 0.1) is 18.2 Å². The molecule has 0 spiro atoms. The highest BCUT2D eigenvalue weighted by Gasteiger charge is 2.23. The molecule has 1 amide bonds. The minimum Gasteiger partial charge on any atom is -0.383 e. The summed E-state index contributed by atoms with van der Waals surface area (Å²) < 4.78 is 5.08. The first kappa shape index (κ1) is 13.9. The number of carbonyl (C=O) groups excluding carboxylic acids is 1. The van der Waals surface area contributed by atoms with E-state index in [4.69, 9.17) is 4.74 Å². The third-order valence-corrected chi connectivity index (χ3v) is 3.23. The summed E-state index contributed by atoms with van der Waals surface area (Å²) in [5.41, 5.74) is 2.22. The molecule has 0 saturated carbocycles. The second-order valence-corrected chi connectivity index (χ2v) is 4.87. The van der Waals surface area contributed by atoms with Crippen LogP contribution in [0.15, 0.2) is 18.2 Å². The van der Waals surface area contributed by atoms with Crippen LogP contribution in [0.1, 0.15) is 22.3 Å². The molecule has 0 aromatic carbocycles. The number of hydrogen-bond acceptors (Lipinski definition) is 4. The average molecular weight is 254 g/mol. The SMILES string of the molecule is C=CCN(C(=O)c1ncsc1C)C(C)COC. The molecule has 0 fully saturated rings. The lowest BCUT2D eigenvalue weighted by molar-refractivity contribution is 0.0590. The molecular formula is C12H18N2O2S. The molecule has 4 nitrogen and oxygen atoms in total. The van der Waals surface area contributed by atoms with Crippen LogP contribution in [0.25, 0.3) is 0 Å². The molecule has 1 heterocycles. The third-order valence-electron chi connectivity index (χ3n) is 2.47. The summed E-state index contributed by atoms with van der Waals surface area (Å²) in [6.45, 7) is 8.53. The topological polar surface area (TPSA) is 42.4 Å². The van der Waals surface area contributed by atoms with Gasteiger partial charge in [-0.25, -0.2) is 4.98 Å². The van der Waals surface area contributed by atoms with Gasteiger partial charge in [-0.15, -0.1) is 17.9 Å². The second kappa shape index (κ2) is 6.51. The number of amides is 1. The molecule has 0 saturated heterocycles. The second-order valence-electron chi connectivity index (χ2n) is 3.81. The van der Waals surface area contributed by atoms with Crippen LogP contribution in [-0.4, -0.2) is 42.1 Å². The zero-order valence-corrected chi connectivity index (χ0v) is 11.3. The molecule has 0 N–H and O–H groups in total. The molecule has 0 bridgehead atoms. The van der Waals surface area contributed by atoms with E-state index in [1.165, 1.54) is 11.3 Å². The maximum absolute atomic E-state index is 12.3. The van der Waals surface area contributed by atoms with Crippen molar-refractivity contribution in [3.8, 4) is 0 Å². The zero-order chi connectivity index (χ0) is 12.8. The number of carbonyl (C=O) groups is 1. The molecule has 1 unspecified atom stereocenters. The van der Waals surface area contributed by atoms with Gasteiger partial charge in [0, 0.05) is 18.5 Å². The van der Waals surface area contributed by atoms with Crippen LogP contribution in [0.4, 0.5) is 0 Å². The molecule has 5 heteroatoms. The fourth-order valence-corrected chi connectivity index (χ4v) is 2.15. The van der Waals surface area contributed by atoms with Crippen molar-refractivity contribution in [1.29, 1.82) is 0 Å². The fourth-order valence-electron chi connectivity index (χ4n) is 1.58. The lowest BCUT2D eigenvalue weighted by Crippen LogP contribution is -2.41. The summed E-state index contributed by atoms with van der Waals surface area (Å²) >= 11 is 1.48. The van der Waals surface area contributed by atoms with Crippen molar-refractivity contribution >= 4 is 17.2 Å². The summed E-state index contributed by atoms with van der Waals surface area (Å²) in [5.74, 6) is -0.0619. The number of methoxy groups -OCH3 is 1. The van der Waals surface area contributed by atoms with Gasteiger partial charge in [0.15, 0.2) is 0 Å². The molecule has 0 aliphatic rings. The molecule has 0 radical (unpaired) electrons. The van der Waals surface area contributed by atoms with Crippen LogP contribution >= 0.6 is 11.3 Å². The number of hydrogen-bond donors (Lipinski definition) is 0. The Morgan fingerprint density at radius 3 is 2.94 bits per heavy atom. The van der Waals surface area contributed by atoms with Crippen LogP contribution in [0.2, 0.25) is 0 Å². The van der Waals surface area contributed by atoms with Crippen molar-refractivity contribution < 1.29 is 9.53 Å². The van der Waals surface area contributed by atoms with E-state index in [-0.39, 0.29) is 11.9 Å². The van der Waals surface area contributed by atoms with Gasteiger partial charge in [0.1, 0.15) is 5.69 Å². The fraction of sp³-hybridized carbons (Fsp3) is 0.500. The van der Waals surface area contributed by atoms with Gasteiger partial charge >= 0.3 is 0 Å². The quantitative estimate of drug-likeness (QED) is 0.730. The minimum absolute atomic E-state index is 0.00611. The number of ether oxygens (including phenoxy) is 1. The lowest BCUT2D eigenvalue weighted by Gasteiger charge is -2.27. The highest BCUT2D eigenvalue weighted by atomic mass is 32.1. The van der Waals surface area contributed by atoms with Gasteiger partial charge < -0.3 is 9.64 Å². The Morgan fingerprint density at radius 1 is 1.76 bits per heavy atom. The van der Waals surface area contributed by atoms with Gasteiger partial charge in [-0.1, -0.05) is 6.08 Å². The molecule has 17 heavy (non-hydrogen) atoms. The van der Waals surface area contributed by atoms with Gasteiger partial charge in [0.2, 0.25) is 0 Å². The first-order valence-electron chi connectivity index (χ1n) is 5.42. The largest absolute Gasteiger partial charge is 0.383 e. The van der Waals surface area contributed by atoms with Crippen molar-refractivity contribution in [2.45, 2.75) is 19.9 Å². The number of rotatable bonds is 6. The van der Waals surface area contributed by atoms with Gasteiger partial charge in [-0.3, -0.25) is 4.79 Å². The Morgan fingerprint density at radius 2 is 2.47 bits per heavy atom. The Balaban J connectivity index is 2.87. The maximum atomic E-state index is 12.3. The summed E-state index contributed by atoms with van der Waals surface area (Å²) in [6, 6.07) is 0.00611. The summed E-state index contributed by atoms with van der Waals surface area (Å²) in [5, 5.41) is 0. The molecule has 0 aliphatic carbocycles. The van der Waals surface area contributed by atoms with Crippen LogP contribution in [0, 0.1) is 6.92 Å². The third kappa shape index (κ3) is 3.38. The van der Waals surface area contributed by atoms with E-state index in [0.717, 1.165) is 4.88 Å². The van der Waals surface area contributed by atoms with Gasteiger partial charge in [0.25, 0.3) is 5.91 Å². The molecule has 0 aliphatic heterocycles. The summed E-state index contributed by atoms with van der Waals surface area (Å²) in [4.78, 5) is 19.1. The molecule has 1 aromatic rings. The van der Waals surface area contributed by atoms with Gasteiger partial charge in [-0.05, 0) is 13.8 Å². The van der Waals surface area contributed by atoms with E-state index in [2.05, 4.69) is 11.6 Å². The van der Waals surface area contributed by atoms with Crippen molar-refractivity contribution in [3.63, 3.8) is 0 Å². The Labute approximate surface area is 106 Å². The van der Waals surface area contributed by atoms with Crippen LogP contribution < -0.4 is 0 Å². The molecule has 1 rings (SSSR count). The first-order chi connectivity index (χ1) is 8.11. The standard InChI is InChI=1S/C12H18N2O2S/c1-5-6-14(9(2)7-16-4)12(15)11-10(3)17-8-13-11/h5,8-9H,1,6-7H2,2-4H3. The number of aryl methyl sites for hydroxylation is 1. The molecule has 1 aromatic heterocycles. The van der Waals surface area contributed by atoms with Crippen molar-refractivity contribution in [2.24, 2.45) is 0 Å². The lowest BCUT2D eigenvalue weighted by atomic mass is 10.2. The molecular weight excluding hydrogens is 236 g/mol. The van der Waals surface area contributed by atoms with E-state index in [0.29, 0.717) is 18.8 Å². The van der Waals surface area contributed by atoms with Crippen molar-refractivity contribution in [3.05, 3.63) is 28.7 Å². The van der Waals surface area contributed by atoms with Crippen LogP contribution in [0.5, 0.6) is 0 Å². The van der Waals surface area contributed by atoms with E-state index < -0.39 is 0 Å². The van der Waals surface area contributed by atoms with E-state index >= 15 is 0 Å². The minimum atomic E-state index is -0.0619. The number of nitrogens with zero attached hydrogens (tertiary/aromatic N) is 2. The number of aromatic nitrogens is 1. The average Bonchev–Trinajstić information content (AvgIpc) is 2.71. The van der Waals surface area contributed by atoms with E-state index in [9.17, 15) is 4.79 Å². The van der Waals surface area contributed by atoms with Crippen molar-refractivity contribution in [2.75, 3.05) is 20.3 Å². The van der Waals surface area contributed by atoms with Crippen LogP contribution in [0.3, 0.4) is 0 Å². The predicted molar refractivity (Wildman–Crippen MR) is 69.4 cm³/mol. The predicted octanol–water partition coefficient (Wildman–Crippen LogP) is 2.11. The normalized spacial score (nSPS) is 12.2. The maximum Gasteiger partial charge on any atom is 0.274 e. The van der Waals surface area contributed by atoms with Crippen LogP contribution in [-0.2, 0) is 4.74 Å². The Kier molecular flexibility index (Phi) is 5.31. The smallest absolute Gasteiger partial charge is 0.274 e. The summed E-state index contributed by atoms with van der Waals surface area (Å²) in [7, 11) is 1.63. The first-order valence-corrected chi connectivity index (χ1v) is 6.30. The number of thiazole rings is 1.